The molecule has 2 aliphatic rings. The third-order valence-corrected chi connectivity index (χ3v) is 6.78. The summed E-state index contributed by atoms with van der Waals surface area (Å²) in [6.45, 7) is 5.95. The molecule has 1 N–H and O–H groups in total. The van der Waals surface area contributed by atoms with Crippen LogP contribution in [0.2, 0.25) is 0 Å². The van der Waals surface area contributed by atoms with Gasteiger partial charge in [-0.25, -0.2) is 9.78 Å². The highest BCUT2D eigenvalue weighted by atomic mass is 16.5. The monoisotopic (exact) mass is 411 g/mol. The molecule has 0 aromatic carbocycles. The minimum absolute atomic E-state index is 0.0683. The van der Waals surface area contributed by atoms with Crippen molar-refractivity contribution in [3.05, 3.63) is 39.8 Å². The molecule has 2 saturated carbocycles. The summed E-state index contributed by atoms with van der Waals surface area (Å²) < 4.78 is 6.93. The van der Waals surface area contributed by atoms with E-state index in [4.69, 9.17) is 4.74 Å². The van der Waals surface area contributed by atoms with Crippen LogP contribution in [0.1, 0.15) is 55.6 Å². The molecule has 4 atom stereocenters. The van der Waals surface area contributed by atoms with E-state index in [0.29, 0.717) is 29.4 Å². The van der Waals surface area contributed by atoms with E-state index < -0.39 is 11.4 Å². The van der Waals surface area contributed by atoms with Crippen LogP contribution < -0.4 is 10.7 Å². The van der Waals surface area contributed by atoms with Gasteiger partial charge in [0.1, 0.15) is 11.2 Å². The van der Waals surface area contributed by atoms with E-state index in [9.17, 15) is 14.4 Å². The number of amides is 1. The number of esters is 1. The van der Waals surface area contributed by atoms with Gasteiger partial charge in [0.15, 0.2) is 6.61 Å². The molecule has 4 unspecified atom stereocenters. The molecule has 2 aromatic rings. The van der Waals surface area contributed by atoms with Gasteiger partial charge >= 0.3 is 5.97 Å². The summed E-state index contributed by atoms with van der Waals surface area (Å²) >= 11 is 0. The van der Waals surface area contributed by atoms with Gasteiger partial charge in [0.05, 0.1) is 5.39 Å². The van der Waals surface area contributed by atoms with Crippen LogP contribution in [0, 0.1) is 24.7 Å². The van der Waals surface area contributed by atoms with Crippen molar-refractivity contribution >= 4 is 22.9 Å². The minimum Gasteiger partial charge on any atom is -0.452 e. The Hall–Kier alpha value is -2.70. The van der Waals surface area contributed by atoms with Gasteiger partial charge in [0.25, 0.3) is 5.91 Å². The molecule has 160 valence electrons. The number of carbonyl (C=O) groups excluding carboxylic acids is 2. The summed E-state index contributed by atoms with van der Waals surface area (Å²) in [4.78, 5) is 42.1. The number of hydrogen-bond acceptors (Lipinski definition) is 5. The maximum Gasteiger partial charge on any atom is 0.344 e. The van der Waals surface area contributed by atoms with Crippen LogP contribution in [0.4, 0.5) is 0 Å². The average molecular weight is 412 g/mol. The highest BCUT2D eigenvalue weighted by Crippen LogP contribution is 2.49. The number of ether oxygens (including phenoxy) is 1. The van der Waals surface area contributed by atoms with Crippen LogP contribution in [0.15, 0.2) is 23.1 Å². The zero-order valence-corrected chi connectivity index (χ0v) is 17.8. The smallest absolute Gasteiger partial charge is 0.344 e. The lowest BCUT2D eigenvalue weighted by Crippen LogP contribution is -2.42. The fraction of sp³-hybridized carbons (Fsp3) is 0.565. The predicted molar refractivity (Wildman–Crippen MR) is 113 cm³/mol. The summed E-state index contributed by atoms with van der Waals surface area (Å²) in [7, 11) is 0. The molecule has 2 heterocycles. The first-order chi connectivity index (χ1) is 14.4. The molecule has 7 nitrogen and oxygen atoms in total. The molecule has 2 fully saturated rings. The highest BCUT2D eigenvalue weighted by molar-refractivity contribution is 5.94. The highest BCUT2D eigenvalue weighted by Gasteiger charge is 2.42. The Balaban J connectivity index is 1.42. The molecule has 1 amide bonds. The first kappa shape index (κ1) is 20.6. The topological polar surface area (TPSA) is 90.3 Å². The van der Waals surface area contributed by atoms with Crippen LogP contribution in [-0.2, 0) is 16.1 Å². The van der Waals surface area contributed by atoms with Crippen molar-refractivity contribution in [1.82, 2.24) is 14.9 Å². The molecule has 0 spiro atoms. The van der Waals surface area contributed by atoms with Crippen molar-refractivity contribution in [3.8, 4) is 0 Å². The minimum atomic E-state index is -0.785. The molecule has 2 aromatic heterocycles. The maximum absolute atomic E-state index is 12.8. The van der Waals surface area contributed by atoms with Gasteiger partial charge in [0.2, 0.25) is 5.43 Å². The van der Waals surface area contributed by atoms with Crippen LogP contribution in [0.5, 0.6) is 0 Å². The molecule has 4 rings (SSSR count). The maximum atomic E-state index is 12.8. The van der Waals surface area contributed by atoms with Crippen molar-refractivity contribution < 1.29 is 14.3 Å². The molecule has 30 heavy (non-hydrogen) atoms. The number of aromatic nitrogens is 2. The third-order valence-electron chi connectivity index (χ3n) is 6.78. The van der Waals surface area contributed by atoms with Crippen molar-refractivity contribution in [3.63, 3.8) is 0 Å². The summed E-state index contributed by atoms with van der Waals surface area (Å²) in [5, 5.41) is 3.34. The first-order valence-electron chi connectivity index (χ1n) is 10.8. The number of hydrogen-bond donors (Lipinski definition) is 1. The number of aryl methyl sites for hydroxylation is 2. The van der Waals surface area contributed by atoms with Crippen LogP contribution in [-0.4, -0.2) is 34.1 Å². The van der Waals surface area contributed by atoms with E-state index in [-0.39, 0.29) is 24.1 Å². The lowest BCUT2D eigenvalue weighted by atomic mass is 9.84. The Morgan fingerprint density at radius 3 is 2.77 bits per heavy atom. The van der Waals surface area contributed by atoms with Gasteiger partial charge in [-0.15, -0.1) is 0 Å². The Kier molecular flexibility index (Phi) is 5.62. The molecule has 2 bridgehead atoms. The second-order valence-corrected chi connectivity index (χ2v) is 8.75. The van der Waals surface area contributed by atoms with E-state index in [1.165, 1.54) is 31.9 Å². The zero-order chi connectivity index (χ0) is 21.4. The van der Waals surface area contributed by atoms with E-state index in [1.807, 2.05) is 20.8 Å². The van der Waals surface area contributed by atoms with Gasteiger partial charge in [-0.2, -0.15) is 0 Å². The van der Waals surface area contributed by atoms with Crippen LogP contribution in [0.3, 0.4) is 0 Å². The fourth-order valence-corrected chi connectivity index (χ4v) is 5.26. The van der Waals surface area contributed by atoms with Crippen molar-refractivity contribution in [2.24, 2.45) is 17.8 Å². The first-order valence-corrected chi connectivity index (χ1v) is 10.8. The Morgan fingerprint density at radius 2 is 2.10 bits per heavy atom. The van der Waals surface area contributed by atoms with Gasteiger partial charge in [-0.3, -0.25) is 9.59 Å². The fourth-order valence-electron chi connectivity index (χ4n) is 5.26. The van der Waals surface area contributed by atoms with Crippen LogP contribution >= 0.6 is 0 Å². The molecular formula is C23H29N3O4. The second kappa shape index (κ2) is 8.20. The number of pyridine rings is 2. The second-order valence-electron chi connectivity index (χ2n) is 8.75. The Bertz CT molecular complexity index is 1040. The van der Waals surface area contributed by atoms with Gasteiger partial charge in [-0.1, -0.05) is 6.42 Å². The normalized spacial score (nSPS) is 23.5. The summed E-state index contributed by atoms with van der Waals surface area (Å²) in [5.41, 5.74) is 0.823. The van der Waals surface area contributed by atoms with Crippen LogP contribution in [0.25, 0.3) is 11.0 Å². The molecule has 0 radical (unpaired) electrons. The number of nitrogens with one attached hydrogen (secondary N) is 1. The molecule has 0 saturated heterocycles. The number of carbonyl (C=O) groups is 2. The molecule has 7 heteroatoms. The van der Waals surface area contributed by atoms with E-state index >= 15 is 0 Å². The molecular weight excluding hydrogens is 382 g/mol. The lowest BCUT2D eigenvalue weighted by Gasteiger charge is -2.28. The number of rotatable bonds is 6. The summed E-state index contributed by atoms with van der Waals surface area (Å²) in [6.07, 6.45) is 6.49. The molecule has 2 aliphatic carbocycles. The largest absolute Gasteiger partial charge is 0.452 e. The molecule has 0 aliphatic heterocycles. The lowest BCUT2D eigenvalue weighted by molar-refractivity contribution is -0.125. The van der Waals surface area contributed by atoms with Crippen molar-refractivity contribution in [1.29, 1.82) is 0 Å². The zero-order valence-electron chi connectivity index (χ0n) is 17.8. The van der Waals surface area contributed by atoms with E-state index in [1.54, 1.807) is 16.7 Å². The Labute approximate surface area is 175 Å². The Morgan fingerprint density at radius 1 is 1.30 bits per heavy atom. The van der Waals surface area contributed by atoms with Crippen molar-refractivity contribution in [2.75, 3.05) is 6.61 Å². The van der Waals surface area contributed by atoms with Gasteiger partial charge in [0, 0.05) is 24.5 Å². The number of nitrogens with zero attached hydrogens (tertiary/aromatic N) is 2. The standard InChI is InChI=1S/C23H29N3O4/c1-4-26-11-19(21(28)17-8-5-13(2)24-22(17)26)23(29)30-12-20(27)25-14(3)18-10-15-6-7-16(18)9-15/h5,8,11,14-16,18H,4,6-7,9-10,12H2,1-3H3,(H,25,27). The van der Waals surface area contributed by atoms with Crippen molar-refractivity contribution in [2.45, 2.75) is 59.0 Å². The van der Waals surface area contributed by atoms with Gasteiger partial charge < -0.3 is 14.6 Å². The number of fused-ring (bicyclic) bond motifs is 3. The van der Waals surface area contributed by atoms with E-state index in [2.05, 4.69) is 10.3 Å². The quantitative estimate of drug-likeness (QED) is 0.738. The average Bonchev–Trinajstić information content (AvgIpc) is 3.36. The van der Waals surface area contributed by atoms with Gasteiger partial charge in [-0.05, 0) is 69.9 Å². The van der Waals surface area contributed by atoms with E-state index in [0.717, 1.165) is 11.6 Å². The summed E-state index contributed by atoms with van der Waals surface area (Å²) in [6, 6.07) is 3.48. The summed E-state index contributed by atoms with van der Waals surface area (Å²) in [5.74, 6) is 0.913. The SMILES string of the molecule is CCn1cc(C(=O)OCC(=O)NC(C)C2CC3CCC2C3)c(=O)c2ccc(C)nc21. The predicted octanol–water partition coefficient (Wildman–Crippen LogP) is 2.82. The third kappa shape index (κ3) is 3.85.